The van der Waals surface area contributed by atoms with E-state index in [-0.39, 0.29) is 12.1 Å². The Hall–Kier alpha value is -3.17. The molecule has 0 spiro atoms. The minimum atomic E-state index is -0.356. The summed E-state index contributed by atoms with van der Waals surface area (Å²) in [5, 5.41) is 7.39. The molecule has 3 heteroatoms. The molecule has 0 aliphatic heterocycles. The molecule has 4 aromatic carbocycles. The molecule has 0 aliphatic rings. The van der Waals surface area contributed by atoms with Crippen molar-refractivity contribution < 1.29 is 9.53 Å². The van der Waals surface area contributed by atoms with E-state index in [4.69, 9.17) is 4.74 Å². The van der Waals surface area contributed by atoms with Gasteiger partial charge in [0.25, 0.3) is 0 Å². The molecule has 1 heterocycles. The van der Waals surface area contributed by atoms with Crippen molar-refractivity contribution in [2.75, 3.05) is 0 Å². The van der Waals surface area contributed by atoms with Crippen LogP contribution in [0.2, 0.25) is 0 Å². The lowest BCUT2D eigenvalue weighted by Gasteiger charge is -2.16. The smallest absolute Gasteiger partial charge is 0.333 e. The lowest BCUT2D eigenvalue weighted by atomic mass is 9.96. The third kappa shape index (κ3) is 2.81. The lowest BCUT2D eigenvalue weighted by molar-refractivity contribution is -0.143. The topological polar surface area (TPSA) is 26.3 Å². The van der Waals surface area contributed by atoms with Crippen LogP contribution in [-0.2, 0) is 9.53 Å². The number of fused-ring (bicyclic) bond motifs is 7. The monoisotopic (exact) mass is 396 g/mol. The summed E-state index contributed by atoms with van der Waals surface area (Å²) in [6.07, 6.45) is -0.356. The first-order valence-corrected chi connectivity index (χ1v) is 10.5. The summed E-state index contributed by atoms with van der Waals surface area (Å²) in [6.45, 7) is 7.33. The molecule has 5 aromatic rings. The number of esters is 1. The molecule has 0 fully saturated rings. The Morgan fingerprint density at radius 1 is 0.931 bits per heavy atom. The summed E-state index contributed by atoms with van der Waals surface area (Å²) in [5.41, 5.74) is 1.45. The Balaban J connectivity index is 1.90. The van der Waals surface area contributed by atoms with Gasteiger partial charge in [-0.1, -0.05) is 61.2 Å². The van der Waals surface area contributed by atoms with Crippen LogP contribution in [0.5, 0.6) is 0 Å². The van der Waals surface area contributed by atoms with E-state index in [2.05, 4.69) is 73.3 Å². The maximum Gasteiger partial charge on any atom is 0.333 e. The van der Waals surface area contributed by atoms with E-state index < -0.39 is 0 Å². The van der Waals surface area contributed by atoms with Gasteiger partial charge in [0.15, 0.2) is 0 Å². The van der Waals surface area contributed by atoms with Crippen molar-refractivity contribution in [1.82, 2.24) is 0 Å². The van der Waals surface area contributed by atoms with Crippen molar-refractivity contribution in [3.63, 3.8) is 0 Å². The van der Waals surface area contributed by atoms with Gasteiger partial charge >= 0.3 is 5.97 Å². The summed E-state index contributed by atoms with van der Waals surface area (Å²) < 4.78 is 8.13. The quantitative estimate of drug-likeness (QED) is 0.232. The molecule has 0 radical (unpaired) electrons. The van der Waals surface area contributed by atoms with Crippen molar-refractivity contribution in [3.05, 3.63) is 84.4 Å². The van der Waals surface area contributed by atoms with Gasteiger partial charge in [-0.15, -0.1) is 11.3 Å². The Morgan fingerprint density at radius 2 is 1.59 bits per heavy atom. The third-order valence-electron chi connectivity index (χ3n) is 5.45. The van der Waals surface area contributed by atoms with Gasteiger partial charge < -0.3 is 4.74 Å². The maximum atomic E-state index is 12.2. The first-order chi connectivity index (χ1) is 14.0. The van der Waals surface area contributed by atoms with Gasteiger partial charge in [0.1, 0.15) is 6.10 Å². The molecule has 1 atom stereocenters. The van der Waals surface area contributed by atoms with Gasteiger partial charge in [0.2, 0.25) is 0 Å². The van der Waals surface area contributed by atoms with Gasteiger partial charge in [-0.25, -0.2) is 4.79 Å². The van der Waals surface area contributed by atoms with Crippen molar-refractivity contribution in [3.8, 4) is 0 Å². The second-order valence-corrected chi connectivity index (χ2v) is 8.53. The van der Waals surface area contributed by atoms with E-state index in [1.807, 2.05) is 6.92 Å². The average molecular weight is 397 g/mol. The van der Waals surface area contributed by atoms with Gasteiger partial charge in [0.05, 0.1) is 0 Å². The zero-order valence-electron chi connectivity index (χ0n) is 16.4. The fraction of sp³-hybridized carbons (Fsp3) is 0.115. The highest BCUT2D eigenvalue weighted by molar-refractivity contribution is 7.26. The Bertz CT molecular complexity index is 1440. The summed E-state index contributed by atoms with van der Waals surface area (Å²) in [7, 11) is 0. The first kappa shape index (κ1) is 17.9. The fourth-order valence-corrected chi connectivity index (χ4v) is 5.37. The van der Waals surface area contributed by atoms with E-state index in [0.717, 1.165) is 10.9 Å². The second kappa shape index (κ2) is 6.71. The molecule has 0 saturated carbocycles. The number of thiophene rings is 1. The van der Waals surface area contributed by atoms with Crippen LogP contribution in [0.25, 0.3) is 41.7 Å². The number of benzene rings is 4. The molecular formula is C26H20O2S. The predicted octanol–water partition coefficient (Wildman–Crippen LogP) is 7.54. The second-order valence-electron chi connectivity index (χ2n) is 7.48. The molecular weight excluding hydrogens is 376 g/mol. The molecule has 0 N–H and O–H groups in total. The highest BCUT2D eigenvalue weighted by Crippen LogP contribution is 2.45. The minimum Gasteiger partial charge on any atom is -0.454 e. The summed E-state index contributed by atoms with van der Waals surface area (Å²) in [5.74, 6) is -0.356. The Kier molecular flexibility index (Phi) is 4.14. The van der Waals surface area contributed by atoms with Crippen LogP contribution in [-0.4, -0.2) is 5.97 Å². The Labute approximate surface area is 173 Å². The highest BCUT2D eigenvalue weighted by atomic mass is 32.1. The van der Waals surface area contributed by atoms with Gasteiger partial charge in [-0.05, 0) is 47.5 Å². The molecule has 29 heavy (non-hydrogen) atoms. The number of rotatable bonds is 3. The van der Waals surface area contributed by atoms with Crippen LogP contribution >= 0.6 is 11.3 Å². The molecule has 0 aliphatic carbocycles. The van der Waals surface area contributed by atoms with E-state index >= 15 is 0 Å². The van der Waals surface area contributed by atoms with Crippen molar-refractivity contribution >= 4 is 59.0 Å². The normalized spacial score (nSPS) is 12.6. The fourth-order valence-electron chi connectivity index (χ4n) is 4.04. The molecule has 2 nitrogen and oxygen atoms in total. The molecule has 0 bridgehead atoms. The average Bonchev–Trinajstić information content (AvgIpc) is 3.13. The lowest BCUT2D eigenvalue weighted by Crippen LogP contribution is -2.09. The number of ether oxygens (including phenoxy) is 1. The van der Waals surface area contributed by atoms with Crippen LogP contribution in [0.3, 0.4) is 0 Å². The summed E-state index contributed by atoms with van der Waals surface area (Å²) in [6, 6.07) is 23.5. The van der Waals surface area contributed by atoms with Crippen LogP contribution in [0.4, 0.5) is 0 Å². The van der Waals surface area contributed by atoms with E-state index in [1.165, 1.54) is 36.3 Å². The largest absolute Gasteiger partial charge is 0.454 e. The molecule has 1 aromatic heterocycles. The van der Waals surface area contributed by atoms with E-state index in [9.17, 15) is 4.79 Å². The number of hydrogen-bond donors (Lipinski definition) is 0. The van der Waals surface area contributed by atoms with E-state index in [0.29, 0.717) is 5.57 Å². The maximum absolute atomic E-state index is 12.2. The van der Waals surface area contributed by atoms with Gasteiger partial charge in [0, 0.05) is 31.3 Å². The van der Waals surface area contributed by atoms with Crippen LogP contribution in [0.15, 0.2) is 78.9 Å². The molecule has 142 valence electrons. The van der Waals surface area contributed by atoms with Crippen LogP contribution in [0, 0.1) is 0 Å². The summed E-state index contributed by atoms with van der Waals surface area (Å²) in [4.78, 5) is 12.2. The SMILES string of the molecule is C=C(C)C(=O)OC(C)c1cc2ccccc2c2c1sc1ccc3ccccc3c12. The zero-order valence-corrected chi connectivity index (χ0v) is 17.2. The number of carbonyl (C=O) groups is 1. The predicted molar refractivity (Wildman–Crippen MR) is 124 cm³/mol. The highest BCUT2D eigenvalue weighted by Gasteiger charge is 2.20. The molecule has 0 saturated heterocycles. The van der Waals surface area contributed by atoms with Gasteiger partial charge in [-0.3, -0.25) is 0 Å². The third-order valence-corrected chi connectivity index (χ3v) is 6.66. The van der Waals surface area contributed by atoms with E-state index in [1.54, 1.807) is 18.3 Å². The molecule has 1 unspecified atom stereocenters. The Morgan fingerprint density at radius 3 is 2.31 bits per heavy atom. The molecule has 5 rings (SSSR count). The van der Waals surface area contributed by atoms with Crippen LogP contribution < -0.4 is 0 Å². The standard InChI is InChI=1S/C26H20O2S/c1-15(2)26(27)28-16(3)21-14-18-9-5-7-11-20(18)24-23-19-10-6-4-8-17(19)12-13-22(23)29-25(21)24/h4-14,16H,1H2,2-3H3. The minimum absolute atomic E-state index is 0.356. The zero-order chi connectivity index (χ0) is 20.1. The van der Waals surface area contributed by atoms with Gasteiger partial charge in [-0.2, -0.15) is 0 Å². The van der Waals surface area contributed by atoms with Crippen molar-refractivity contribution in [1.29, 1.82) is 0 Å². The van der Waals surface area contributed by atoms with Crippen molar-refractivity contribution in [2.24, 2.45) is 0 Å². The first-order valence-electron chi connectivity index (χ1n) is 9.66. The molecule has 0 amide bonds. The number of hydrogen-bond acceptors (Lipinski definition) is 3. The number of carbonyl (C=O) groups excluding carboxylic acids is 1. The van der Waals surface area contributed by atoms with Crippen LogP contribution in [0.1, 0.15) is 25.5 Å². The van der Waals surface area contributed by atoms with Crippen molar-refractivity contribution in [2.45, 2.75) is 20.0 Å². The summed E-state index contributed by atoms with van der Waals surface area (Å²) >= 11 is 1.77.